The van der Waals surface area contributed by atoms with Crippen molar-refractivity contribution in [2.45, 2.75) is 32.1 Å². The summed E-state index contributed by atoms with van der Waals surface area (Å²) in [6.45, 7) is 4.42. The minimum atomic E-state index is -0.946. The van der Waals surface area contributed by atoms with Crippen molar-refractivity contribution >= 4 is 16.9 Å². The predicted octanol–water partition coefficient (Wildman–Crippen LogP) is 3.34. The molecule has 4 rings (SSSR count). The molecule has 23 heavy (non-hydrogen) atoms. The van der Waals surface area contributed by atoms with Crippen molar-refractivity contribution in [3.8, 4) is 5.69 Å². The van der Waals surface area contributed by atoms with Crippen LogP contribution in [0.15, 0.2) is 36.7 Å². The molecular formula is C18H17N3O2. The highest BCUT2D eigenvalue weighted by Crippen LogP contribution is 2.37. The number of carbonyl (C=O) groups is 1. The molecule has 0 unspecified atom stereocenters. The first-order chi connectivity index (χ1) is 11.0. The predicted molar refractivity (Wildman–Crippen MR) is 87.2 cm³/mol. The van der Waals surface area contributed by atoms with E-state index in [1.807, 2.05) is 22.9 Å². The van der Waals surface area contributed by atoms with Crippen molar-refractivity contribution in [1.82, 2.24) is 14.8 Å². The SMILES string of the molecule is CC1(C)CCc2cn(-c3ccc4nccc(C(=O)O)c4c3)nc21. The van der Waals surface area contributed by atoms with Crippen LogP contribution in [0.4, 0.5) is 0 Å². The fourth-order valence-electron chi connectivity index (χ4n) is 3.32. The van der Waals surface area contributed by atoms with Gasteiger partial charge < -0.3 is 5.11 Å². The number of aryl methyl sites for hydroxylation is 1. The molecule has 2 aromatic heterocycles. The largest absolute Gasteiger partial charge is 0.478 e. The molecule has 1 aromatic carbocycles. The fraction of sp³-hybridized carbons (Fsp3) is 0.278. The Balaban J connectivity index is 1.87. The second-order valence-electron chi connectivity index (χ2n) is 6.70. The Kier molecular flexibility index (Phi) is 2.82. The summed E-state index contributed by atoms with van der Waals surface area (Å²) in [5.74, 6) is -0.946. The Bertz CT molecular complexity index is 941. The quantitative estimate of drug-likeness (QED) is 0.788. The molecule has 116 valence electrons. The number of benzene rings is 1. The Morgan fingerprint density at radius 3 is 2.87 bits per heavy atom. The van der Waals surface area contributed by atoms with E-state index < -0.39 is 5.97 Å². The zero-order valence-electron chi connectivity index (χ0n) is 13.1. The van der Waals surface area contributed by atoms with Gasteiger partial charge in [-0.2, -0.15) is 5.10 Å². The van der Waals surface area contributed by atoms with Gasteiger partial charge in [0.15, 0.2) is 0 Å². The summed E-state index contributed by atoms with van der Waals surface area (Å²) in [5.41, 5.74) is 4.32. The standard InChI is InChI=1S/C18H17N3O2/c1-18(2)7-5-11-10-21(20-16(11)18)12-3-4-15-14(9-12)13(17(22)23)6-8-19-15/h3-4,6,8-10H,5,7H2,1-2H3,(H,22,23). The van der Waals surface area contributed by atoms with Gasteiger partial charge in [0.1, 0.15) is 0 Å². The van der Waals surface area contributed by atoms with Gasteiger partial charge in [-0.1, -0.05) is 13.8 Å². The number of hydrogen-bond acceptors (Lipinski definition) is 3. The third-order valence-corrected chi connectivity index (χ3v) is 4.67. The van der Waals surface area contributed by atoms with Crippen molar-refractivity contribution in [2.24, 2.45) is 0 Å². The number of hydrogen-bond donors (Lipinski definition) is 1. The van der Waals surface area contributed by atoms with Crippen LogP contribution < -0.4 is 0 Å². The van der Waals surface area contributed by atoms with Gasteiger partial charge in [-0.05, 0) is 42.7 Å². The van der Waals surface area contributed by atoms with Crippen LogP contribution in [0.2, 0.25) is 0 Å². The fourth-order valence-corrected chi connectivity index (χ4v) is 3.32. The van der Waals surface area contributed by atoms with E-state index in [9.17, 15) is 9.90 Å². The normalized spacial score (nSPS) is 15.7. The molecule has 3 aromatic rings. The van der Waals surface area contributed by atoms with Crippen molar-refractivity contribution in [1.29, 1.82) is 0 Å². The Hall–Kier alpha value is -2.69. The average Bonchev–Trinajstić information content (AvgIpc) is 3.07. The minimum Gasteiger partial charge on any atom is -0.478 e. The van der Waals surface area contributed by atoms with E-state index in [1.54, 1.807) is 0 Å². The second-order valence-corrected chi connectivity index (χ2v) is 6.70. The smallest absolute Gasteiger partial charge is 0.336 e. The number of fused-ring (bicyclic) bond motifs is 2. The molecule has 0 fully saturated rings. The molecule has 0 saturated heterocycles. The first kappa shape index (κ1) is 13.9. The lowest BCUT2D eigenvalue weighted by molar-refractivity contribution is 0.0699. The van der Waals surface area contributed by atoms with Crippen LogP contribution in [0.3, 0.4) is 0 Å². The number of nitrogens with zero attached hydrogens (tertiary/aromatic N) is 3. The summed E-state index contributed by atoms with van der Waals surface area (Å²) in [6, 6.07) is 7.15. The molecule has 0 spiro atoms. The lowest BCUT2D eigenvalue weighted by Crippen LogP contribution is -2.14. The molecule has 0 saturated carbocycles. The Morgan fingerprint density at radius 2 is 2.13 bits per heavy atom. The van der Waals surface area contributed by atoms with Gasteiger partial charge in [0.25, 0.3) is 0 Å². The van der Waals surface area contributed by atoms with Gasteiger partial charge in [-0.25, -0.2) is 9.48 Å². The Labute approximate surface area is 133 Å². The maximum absolute atomic E-state index is 11.4. The van der Waals surface area contributed by atoms with E-state index in [0.29, 0.717) is 10.9 Å². The molecule has 5 nitrogen and oxygen atoms in total. The van der Waals surface area contributed by atoms with E-state index in [2.05, 4.69) is 25.0 Å². The number of rotatable bonds is 2. The van der Waals surface area contributed by atoms with Crippen LogP contribution >= 0.6 is 0 Å². The first-order valence-corrected chi connectivity index (χ1v) is 7.67. The van der Waals surface area contributed by atoms with E-state index in [0.717, 1.165) is 24.2 Å². The minimum absolute atomic E-state index is 0.102. The molecule has 2 heterocycles. The Morgan fingerprint density at radius 1 is 1.30 bits per heavy atom. The number of pyridine rings is 1. The second kappa shape index (κ2) is 4.65. The summed E-state index contributed by atoms with van der Waals surface area (Å²) in [4.78, 5) is 15.7. The topological polar surface area (TPSA) is 68.0 Å². The molecule has 5 heteroatoms. The lowest BCUT2D eigenvalue weighted by Gasteiger charge is -2.15. The van der Waals surface area contributed by atoms with Gasteiger partial charge in [-0.15, -0.1) is 0 Å². The highest BCUT2D eigenvalue weighted by molar-refractivity contribution is 6.02. The van der Waals surface area contributed by atoms with Crippen LogP contribution in [0.25, 0.3) is 16.6 Å². The summed E-state index contributed by atoms with van der Waals surface area (Å²) >= 11 is 0. The van der Waals surface area contributed by atoms with Crippen molar-refractivity contribution in [2.75, 3.05) is 0 Å². The third kappa shape index (κ3) is 2.11. The molecular weight excluding hydrogens is 290 g/mol. The van der Waals surface area contributed by atoms with Gasteiger partial charge in [0.05, 0.1) is 22.5 Å². The zero-order chi connectivity index (χ0) is 16.2. The van der Waals surface area contributed by atoms with Crippen molar-refractivity contribution < 1.29 is 9.90 Å². The molecule has 1 aliphatic rings. The summed E-state index contributed by atoms with van der Waals surface area (Å²) < 4.78 is 1.85. The molecule has 0 amide bonds. The first-order valence-electron chi connectivity index (χ1n) is 7.67. The maximum Gasteiger partial charge on any atom is 0.336 e. The molecule has 0 radical (unpaired) electrons. The molecule has 0 bridgehead atoms. The van der Waals surface area contributed by atoms with E-state index in [1.165, 1.54) is 17.8 Å². The van der Waals surface area contributed by atoms with Crippen LogP contribution in [0.5, 0.6) is 0 Å². The van der Waals surface area contributed by atoms with Crippen molar-refractivity contribution in [3.63, 3.8) is 0 Å². The van der Waals surface area contributed by atoms with Gasteiger partial charge in [0, 0.05) is 23.2 Å². The zero-order valence-corrected chi connectivity index (χ0v) is 13.1. The summed E-state index contributed by atoms with van der Waals surface area (Å²) in [6.07, 6.45) is 5.74. The van der Waals surface area contributed by atoms with Gasteiger partial charge >= 0.3 is 5.97 Å². The van der Waals surface area contributed by atoms with Gasteiger partial charge in [0.2, 0.25) is 0 Å². The van der Waals surface area contributed by atoms with Crippen LogP contribution in [0.1, 0.15) is 41.9 Å². The number of aromatic carboxylic acids is 1. The summed E-state index contributed by atoms with van der Waals surface area (Å²) in [5, 5.41) is 14.7. The van der Waals surface area contributed by atoms with E-state index in [-0.39, 0.29) is 11.0 Å². The molecule has 1 N–H and O–H groups in total. The number of carboxylic acid groups (broad SMARTS) is 1. The molecule has 0 atom stereocenters. The van der Waals surface area contributed by atoms with Crippen LogP contribution in [-0.4, -0.2) is 25.8 Å². The van der Waals surface area contributed by atoms with Crippen LogP contribution in [0, 0.1) is 0 Å². The highest BCUT2D eigenvalue weighted by Gasteiger charge is 2.33. The number of carboxylic acids is 1. The number of aromatic nitrogens is 3. The maximum atomic E-state index is 11.4. The van der Waals surface area contributed by atoms with Crippen LogP contribution in [-0.2, 0) is 11.8 Å². The van der Waals surface area contributed by atoms with E-state index in [4.69, 9.17) is 5.10 Å². The molecule has 1 aliphatic carbocycles. The average molecular weight is 307 g/mol. The lowest BCUT2D eigenvalue weighted by atomic mass is 9.91. The summed E-state index contributed by atoms with van der Waals surface area (Å²) in [7, 11) is 0. The van der Waals surface area contributed by atoms with E-state index >= 15 is 0 Å². The monoisotopic (exact) mass is 307 g/mol. The van der Waals surface area contributed by atoms with Crippen molar-refractivity contribution in [3.05, 3.63) is 53.5 Å². The van der Waals surface area contributed by atoms with Gasteiger partial charge in [-0.3, -0.25) is 4.98 Å². The molecule has 0 aliphatic heterocycles. The third-order valence-electron chi connectivity index (χ3n) is 4.67. The highest BCUT2D eigenvalue weighted by atomic mass is 16.4.